The minimum absolute atomic E-state index is 0.00692. The van der Waals surface area contributed by atoms with Crippen LogP contribution in [0.5, 0.6) is 0 Å². The van der Waals surface area contributed by atoms with Crippen LogP contribution in [0, 0.1) is 6.92 Å². The Kier molecular flexibility index (Phi) is 5.35. The molecule has 0 aliphatic heterocycles. The second-order valence-corrected chi connectivity index (χ2v) is 4.78. The van der Waals surface area contributed by atoms with Crippen LogP contribution in [0.1, 0.15) is 34.3 Å². The third-order valence-corrected chi connectivity index (χ3v) is 3.14. The number of ether oxygens (including phenoxy) is 1. The van der Waals surface area contributed by atoms with E-state index in [0.717, 1.165) is 4.88 Å². The van der Waals surface area contributed by atoms with Crippen LogP contribution >= 0.6 is 11.3 Å². The first-order valence-electron chi connectivity index (χ1n) is 5.32. The summed E-state index contributed by atoms with van der Waals surface area (Å²) in [5, 5.41) is 0. The Balaban J connectivity index is 2.37. The number of hydrogen-bond acceptors (Lipinski definition) is 4. The van der Waals surface area contributed by atoms with E-state index in [2.05, 4.69) is 0 Å². The highest BCUT2D eigenvalue weighted by atomic mass is 32.1. The summed E-state index contributed by atoms with van der Waals surface area (Å²) in [4.78, 5) is 24.8. The average molecular weight is 240 g/mol. The summed E-state index contributed by atoms with van der Waals surface area (Å²) in [6.07, 6.45) is 0.316. The minimum Gasteiger partial charge on any atom is -0.381 e. The number of rotatable bonds is 7. The Bertz CT molecular complexity index is 368. The molecule has 0 aliphatic carbocycles. The topological polar surface area (TPSA) is 43.4 Å². The van der Waals surface area contributed by atoms with Gasteiger partial charge in [-0.25, -0.2) is 0 Å². The number of carbonyl (C=O) groups is 2. The van der Waals surface area contributed by atoms with Crippen molar-refractivity contribution in [2.45, 2.75) is 26.7 Å². The molecule has 3 nitrogen and oxygen atoms in total. The van der Waals surface area contributed by atoms with Crippen LogP contribution < -0.4 is 0 Å². The summed E-state index contributed by atoms with van der Waals surface area (Å²) in [5.74, 6) is -0.135. The van der Waals surface area contributed by atoms with Gasteiger partial charge in [0.1, 0.15) is 5.78 Å². The van der Waals surface area contributed by atoms with Crippen molar-refractivity contribution in [2.75, 3.05) is 13.2 Å². The lowest BCUT2D eigenvalue weighted by atomic mass is 10.1. The molecule has 0 saturated carbocycles. The Morgan fingerprint density at radius 3 is 2.69 bits per heavy atom. The Hall–Kier alpha value is -1.000. The maximum absolute atomic E-state index is 11.6. The molecule has 0 radical (unpaired) electrons. The minimum atomic E-state index is -0.0837. The SMILES string of the molecule is CCOCCC(=O)CC(=O)c1ccc(C)s1. The molecule has 0 spiro atoms. The molecule has 1 aromatic heterocycles. The molecule has 0 aromatic carbocycles. The summed E-state index contributed by atoms with van der Waals surface area (Å²) >= 11 is 1.43. The zero-order chi connectivity index (χ0) is 12.0. The number of ketones is 2. The lowest BCUT2D eigenvalue weighted by molar-refractivity contribution is -0.119. The van der Waals surface area contributed by atoms with E-state index in [4.69, 9.17) is 4.74 Å². The molecule has 1 rings (SSSR count). The molecule has 0 fully saturated rings. The van der Waals surface area contributed by atoms with Gasteiger partial charge in [0.15, 0.2) is 5.78 Å². The van der Waals surface area contributed by atoms with Crippen molar-refractivity contribution in [3.05, 3.63) is 21.9 Å². The zero-order valence-electron chi connectivity index (χ0n) is 9.62. The fourth-order valence-electron chi connectivity index (χ4n) is 1.27. The first-order chi connectivity index (χ1) is 7.63. The third kappa shape index (κ3) is 4.24. The highest BCUT2D eigenvalue weighted by Crippen LogP contribution is 2.17. The molecule has 0 saturated heterocycles. The van der Waals surface area contributed by atoms with Crippen molar-refractivity contribution >= 4 is 22.9 Å². The molecule has 0 amide bonds. The number of carbonyl (C=O) groups excluding carboxylic acids is 2. The van der Waals surface area contributed by atoms with Gasteiger partial charge < -0.3 is 4.74 Å². The summed E-state index contributed by atoms with van der Waals surface area (Å²) < 4.78 is 5.07. The third-order valence-electron chi connectivity index (χ3n) is 2.10. The molecule has 0 atom stereocenters. The molecule has 0 aliphatic rings. The normalized spacial score (nSPS) is 10.4. The second kappa shape index (κ2) is 6.55. The van der Waals surface area contributed by atoms with Gasteiger partial charge in [0.05, 0.1) is 17.9 Å². The predicted molar refractivity (Wildman–Crippen MR) is 64.1 cm³/mol. The monoisotopic (exact) mass is 240 g/mol. The lowest BCUT2D eigenvalue weighted by Crippen LogP contribution is -2.09. The highest BCUT2D eigenvalue weighted by Gasteiger charge is 2.13. The molecule has 16 heavy (non-hydrogen) atoms. The molecule has 0 unspecified atom stereocenters. The molecule has 1 aromatic rings. The van der Waals surface area contributed by atoms with E-state index in [-0.39, 0.29) is 18.0 Å². The van der Waals surface area contributed by atoms with Crippen LogP contribution in [0.4, 0.5) is 0 Å². The van der Waals surface area contributed by atoms with Gasteiger partial charge in [-0.2, -0.15) is 0 Å². The summed E-state index contributed by atoms with van der Waals surface area (Å²) in [6.45, 7) is 4.83. The van der Waals surface area contributed by atoms with E-state index in [1.54, 1.807) is 6.07 Å². The van der Waals surface area contributed by atoms with Gasteiger partial charge in [-0.3, -0.25) is 9.59 Å². The van der Waals surface area contributed by atoms with Crippen LogP contribution in [0.2, 0.25) is 0 Å². The smallest absolute Gasteiger partial charge is 0.180 e. The Morgan fingerprint density at radius 2 is 2.12 bits per heavy atom. The summed E-state index contributed by atoms with van der Waals surface area (Å²) in [5.41, 5.74) is 0. The number of aryl methyl sites for hydroxylation is 1. The average Bonchev–Trinajstić information content (AvgIpc) is 2.65. The fourth-order valence-corrected chi connectivity index (χ4v) is 2.07. The van der Waals surface area contributed by atoms with Gasteiger partial charge in [0.25, 0.3) is 0 Å². The molecule has 0 N–H and O–H groups in total. The highest BCUT2D eigenvalue weighted by molar-refractivity contribution is 7.14. The van der Waals surface area contributed by atoms with Gasteiger partial charge in [-0.15, -0.1) is 11.3 Å². The molecule has 1 heterocycles. The Labute approximate surface area is 99.4 Å². The quantitative estimate of drug-likeness (QED) is 0.418. The van der Waals surface area contributed by atoms with Crippen molar-refractivity contribution in [1.82, 2.24) is 0 Å². The van der Waals surface area contributed by atoms with Crippen LogP contribution in [0.3, 0.4) is 0 Å². The summed E-state index contributed by atoms with van der Waals surface area (Å²) in [7, 11) is 0. The van der Waals surface area contributed by atoms with E-state index in [0.29, 0.717) is 24.5 Å². The van der Waals surface area contributed by atoms with Gasteiger partial charge in [0, 0.05) is 17.9 Å². The Morgan fingerprint density at radius 1 is 1.38 bits per heavy atom. The zero-order valence-corrected chi connectivity index (χ0v) is 10.4. The van der Waals surface area contributed by atoms with Gasteiger partial charge in [0.2, 0.25) is 0 Å². The molecule has 4 heteroatoms. The van der Waals surface area contributed by atoms with Gasteiger partial charge >= 0.3 is 0 Å². The van der Waals surface area contributed by atoms with Gasteiger partial charge in [-0.1, -0.05) is 0 Å². The largest absolute Gasteiger partial charge is 0.381 e. The van der Waals surface area contributed by atoms with Crippen molar-refractivity contribution < 1.29 is 14.3 Å². The first-order valence-corrected chi connectivity index (χ1v) is 6.14. The standard InChI is InChI=1S/C12H16O3S/c1-3-15-7-6-10(13)8-11(14)12-5-4-9(2)16-12/h4-5H,3,6-8H2,1-2H3. The molecule has 88 valence electrons. The van der Waals surface area contributed by atoms with Crippen LogP contribution in [0.25, 0.3) is 0 Å². The van der Waals surface area contributed by atoms with E-state index < -0.39 is 0 Å². The van der Waals surface area contributed by atoms with E-state index >= 15 is 0 Å². The van der Waals surface area contributed by atoms with Crippen molar-refractivity contribution in [3.63, 3.8) is 0 Å². The van der Waals surface area contributed by atoms with Crippen molar-refractivity contribution in [2.24, 2.45) is 0 Å². The molecular weight excluding hydrogens is 224 g/mol. The van der Waals surface area contributed by atoms with Crippen LogP contribution in [0.15, 0.2) is 12.1 Å². The van der Waals surface area contributed by atoms with Crippen LogP contribution in [-0.4, -0.2) is 24.8 Å². The lowest BCUT2D eigenvalue weighted by Gasteiger charge is -1.99. The maximum Gasteiger partial charge on any atom is 0.180 e. The first kappa shape index (κ1) is 13.1. The van der Waals surface area contributed by atoms with E-state index in [1.165, 1.54) is 11.3 Å². The number of thiophene rings is 1. The predicted octanol–water partition coefficient (Wildman–Crippen LogP) is 2.63. The van der Waals surface area contributed by atoms with E-state index in [1.807, 2.05) is 19.9 Å². The molecule has 0 bridgehead atoms. The van der Waals surface area contributed by atoms with Crippen molar-refractivity contribution in [1.29, 1.82) is 0 Å². The number of hydrogen-bond donors (Lipinski definition) is 0. The second-order valence-electron chi connectivity index (χ2n) is 3.50. The van der Waals surface area contributed by atoms with E-state index in [9.17, 15) is 9.59 Å². The fraction of sp³-hybridized carbons (Fsp3) is 0.500. The van der Waals surface area contributed by atoms with Gasteiger partial charge in [-0.05, 0) is 26.0 Å². The van der Waals surface area contributed by atoms with Crippen molar-refractivity contribution in [3.8, 4) is 0 Å². The molecular formula is C12H16O3S. The van der Waals surface area contributed by atoms with Crippen LogP contribution in [-0.2, 0) is 9.53 Å². The summed E-state index contributed by atoms with van der Waals surface area (Å²) in [6, 6.07) is 3.67. The number of Topliss-reactive ketones (excluding diaryl/α,β-unsaturated/α-hetero) is 2. The maximum atomic E-state index is 11.6.